The van der Waals surface area contributed by atoms with Crippen LogP contribution in [0.15, 0.2) is 48.7 Å². The number of rotatable bonds is 7. The molecule has 5 nitrogen and oxygen atoms in total. The van der Waals surface area contributed by atoms with Crippen molar-refractivity contribution >= 4 is 17.5 Å². The van der Waals surface area contributed by atoms with E-state index in [1.807, 2.05) is 24.3 Å². The van der Waals surface area contributed by atoms with Gasteiger partial charge in [0.1, 0.15) is 11.6 Å². The number of ether oxygens (including phenoxy) is 1. The Balaban J connectivity index is 1.66. The number of benzene rings is 2. The van der Waals surface area contributed by atoms with Crippen molar-refractivity contribution in [2.75, 3.05) is 24.3 Å². The number of nitrogens with zero attached hydrogens (tertiary/aromatic N) is 2. The minimum Gasteiger partial charge on any atom is -0.496 e. The first-order valence-corrected chi connectivity index (χ1v) is 9.10. The molecule has 0 saturated heterocycles. The summed E-state index contributed by atoms with van der Waals surface area (Å²) < 4.78 is 5.40. The van der Waals surface area contributed by atoms with E-state index in [1.54, 1.807) is 13.3 Å². The van der Waals surface area contributed by atoms with Gasteiger partial charge in [0.15, 0.2) is 0 Å². The molecule has 0 aliphatic carbocycles. The molecule has 1 aromatic heterocycles. The molecule has 1 heterocycles. The number of aromatic nitrogens is 2. The third kappa shape index (κ3) is 4.76. The van der Waals surface area contributed by atoms with E-state index < -0.39 is 0 Å². The summed E-state index contributed by atoms with van der Waals surface area (Å²) in [4.78, 5) is 8.93. The van der Waals surface area contributed by atoms with Crippen molar-refractivity contribution < 1.29 is 4.74 Å². The van der Waals surface area contributed by atoms with Crippen LogP contribution < -0.4 is 15.4 Å². The lowest BCUT2D eigenvalue weighted by atomic mass is 10.1. The first-order chi connectivity index (χ1) is 13.1. The molecular formula is C22H26N4O. The van der Waals surface area contributed by atoms with Gasteiger partial charge in [-0.3, -0.25) is 0 Å². The zero-order valence-corrected chi connectivity index (χ0v) is 16.3. The minimum absolute atomic E-state index is 0.590. The van der Waals surface area contributed by atoms with Crippen molar-refractivity contribution in [1.82, 2.24) is 9.97 Å². The summed E-state index contributed by atoms with van der Waals surface area (Å²) in [6, 6.07) is 14.3. The molecule has 0 unspecified atom stereocenters. The summed E-state index contributed by atoms with van der Waals surface area (Å²) in [5.41, 5.74) is 5.86. The lowest BCUT2D eigenvalue weighted by molar-refractivity contribution is 0.410. The molecule has 0 aliphatic rings. The Morgan fingerprint density at radius 3 is 2.48 bits per heavy atom. The van der Waals surface area contributed by atoms with Crippen LogP contribution >= 0.6 is 0 Å². The van der Waals surface area contributed by atoms with Crippen LogP contribution in [0.5, 0.6) is 5.75 Å². The molecule has 3 aromatic rings. The van der Waals surface area contributed by atoms with E-state index >= 15 is 0 Å². The molecule has 0 saturated carbocycles. The average molecular weight is 362 g/mol. The van der Waals surface area contributed by atoms with Crippen LogP contribution in [-0.2, 0) is 6.42 Å². The lowest BCUT2D eigenvalue weighted by Crippen LogP contribution is -2.09. The molecule has 0 bridgehead atoms. The number of anilines is 3. The number of para-hydroxylation sites is 1. The number of hydrogen-bond acceptors (Lipinski definition) is 5. The lowest BCUT2D eigenvalue weighted by Gasteiger charge is -2.14. The summed E-state index contributed by atoms with van der Waals surface area (Å²) in [5.74, 6) is 2.30. The Morgan fingerprint density at radius 1 is 1.00 bits per heavy atom. The van der Waals surface area contributed by atoms with Crippen LogP contribution in [0, 0.1) is 20.8 Å². The van der Waals surface area contributed by atoms with Crippen LogP contribution in [0.4, 0.5) is 17.5 Å². The average Bonchev–Trinajstić information content (AvgIpc) is 2.65. The maximum absolute atomic E-state index is 5.40. The van der Waals surface area contributed by atoms with Crippen molar-refractivity contribution in [2.24, 2.45) is 0 Å². The number of methoxy groups -OCH3 is 1. The summed E-state index contributed by atoms with van der Waals surface area (Å²) in [6.07, 6.45) is 2.62. The van der Waals surface area contributed by atoms with Crippen LogP contribution in [0.1, 0.15) is 22.3 Å². The van der Waals surface area contributed by atoms with Gasteiger partial charge >= 0.3 is 0 Å². The van der Waals surface area contributed by atoms with Gasteiger partial charge < -0.3 is 15.4 Å². The second-order valence-electron chi connectivity index (χ2n) is 6.65. The molecule has 0 amide bonds. The van der Waals surface area contributed by atoms with E-state index in [0.29, 0.717) is 5.95 Å². The first kappa shape index (κ1) is 18.7. The predicted molar refractivity (Wildman–Crippen MR) is 111 cm³/mol. The largest absolute Gasteiger partial charge is 0.496 e. The maximum Gasteiger partial charge on any atom is 0.229 e. The molecule has 3 rings (SSSR count). The van der Waals surface area contributed by atoms with Gasteiger partial charge in [-0.05, 0) is 56.0 Å². The summed E-state index contributed by atoms with van der Waals surface area (Å²) in [6.45, 7) is 7.06. The van der Waals surface area contributed by atoms with E-state index in [-0.39, 0.29) is 0 Å². The maximum atomic E-state index is 5.40. The van der Waals surface area contributed by atoms with Gasteiger partial charge in [-0.25, -0.2) is 4.98 Å². The summed E-state index contributed by atoms with van der Waals surface area (Å²) in [5, 5.41) is 6.71. The molecule has 0 spiro atoms. The van der Waals surface area contributed by atoms with Crippen LogP contribution in [-0.4, -0.2) is 23.6 Å². The SMILES string of the molecule is COc1ccccc1CCNc1ccnc(Nc2c(C)cc(C)cc2C)n1. The van der Waals surface area contributed by atoms with Gasteiger partial charge in [0.2, 0.25) is 5.95 Å². The van der Waals surface area contributed by atoms with E-state index in [9.17, 15) is 0 Å². The molecule has 0 fully saturated rings. The normalized spacial score (nSPS) is 10.5. The van der Waals surface area contributed by atoms with E-state index in [2.05, 4.69) is 59.6 Å². The fourth-order valence-electron chi connectivity index (χ4n) is 3.24. The first-order valence-electron chi connectivity index (χ1n) is 9.10. The van der Waals surface area contributed by atoms with Crippen LogP contribution in [0.2, 0.25) is 0 Å². The van der Waals surface area contributed by atoms with Gasteiger partial charge in [0, 0.05) is 18.4 Å². The third-order valence-electron chi connectivity index (χ3n) is 4.46. The van der Waals surface area contributed by atoms with Gasteiger partial charge in [0.05, 0.1) is 7.11 Å². The zero-order chi connectivity index (χ0) is 19.2. The fourth-order valence-corrected chi connectivity index (χ4v) is 3.24. The number of hydrogen-bond donors (Lipinski definition) is 2. The second-order valence-corrected chi connectivity index (χ2v) is 6.65. The Kier molecular flexibility index (Phi) is 5.91. The van der Waals surface area contributed by atoms with Gasteiger partial charge in [-0.1, -0.05) is 35.9 Å². The molecule has 27 heavy (non-hydrogen) atoms. The molecule has 0 atom stereocenters. The van der Waals surface area contributed by atoms with Crippen molar-refractivity contribution in [3.8, 4) is 5.75 Å². The molecule has 140 valence electrons. The predicted octanol–water partition coefficient (Wildman–Crippen LogP) is 4.81. The highest BCUT2D eigenvalue weighted by Gasteiger charge is 2.07. The van der Waals surface area contributed by atoms with Crippen molar-refractivity contribution in [3.05, 3.63) is 70.9 Å². The molecule has 2 aromatic carbocycles. The Morgan fingerprint density at radius 2 is 1.74 bits per heavy atom. The molecular weight excluding hydrogens is 336 g/mol. The van der Waals surface area contributed by atoms with E-state index in [0.717, 1.165) is 30.2 Å². The molecule has 0 radical (unpaired) electrons. The second kappa shape index (κ2) is 8.54. The topological polar surface area (TPSA) is 59.1 Å². The molecule has 5 heteroatoms. The standard InChI is InChI=1S/C22H26N4O/c1-15-13-16(2)21(17(3)14-15)26-22-24-12-10-20(25-22)23-11-9-18-7-5-6-8-19(18)27-4/h5-8,10,12-14H,9,11H2,1-4H3,(H2,23,24,25,26). The van der Waals surface area contributed by atoms with E-state index in [4.69, 9.17) is 4.74 Å². The zero-order valence-electron chi connectivity index (χ0n) is 16.3. The Bertz CT molecular complexity index is 901. The number of aryl methyl sites for hydroxylation is 3. The Hall–Kier alpha value is -3.08. The van der Waals surface area contributed by atoms with Gasteiger partial charge in [0.25, 0.3) is 0 Å². The van der Waals surface area contributed by atoms with Crippen LogP contribution in [0.3, 0.4) is 0 Å². The Labute approximate surface area is 160 Å². The third-order valence-corrected chi connectivity index (χ3v) is 4.46. The monoisotopic (exact) mass is 362 g/mol. The van der Waals surface area contributed by atoms with Crippen molar-refractivity contribution in [3.63, 3.8) is 0 Å². The summed E-state index contributed by atoms with van der Waals surface area (Å²) in [7, 11) is 1.70. The highest BCUT2D eigenvalue weighted by molar-refractivity contribution is 5.64. The van der Waals surface area contributed by atoms with Gasteiger partial charge in [-0.15, -0.1) is 0 Å². The van der Waals surface area contributed by atoms with Crippen molar-refractivity contribution in [2.45, 2.75) is 27.2 Å². The van der Waals surface area contributed by atoms with E-state index in [1.165, 1.54) is 22.3 Å². The quantitative estimate of drug-likeness (QED) is 0.632. The van der Waals surface area contributed by atoms with Gasteiger partial charge in [-0.2, -0.15) is 4.98 Å². The van der Waals surface area contributed by atoms with Crippen molar-refractivity contribution in [1.29, 1.82) is 0 Å². The van der Waals surface area contributed by atoms with Crippen LogP contribution in [0.25, 0.3) is 0 Å². The fraction of sp³-hybridized carbons (Fsp3) is 0.273. The number of nitrogens with one attached hydrogen (secondary N) is 2. The highest BCUT2D eigenvalue weighted by atomic mass is 16.5. The smallest absolute Gasteiger partial charge is 0.229 e. The molecule has 2 N–H and O–H groups in total. The minimum atomic E-state index is 0.590. The highest BCUT2D eigenvalue weighted by Crippen LogP contribution is 2.24. The summed E-state index contributed by atoms with van der Waals surface area (Å²) >= 11 is 0. The molecule has 0 aliphatic heterocycles.